The Bertz CT molecular complexity index is 926. The molecule has 27 heavy (non-hydrogen) atoms. The number of rotatable bonds is 4. The highest BCUT2D eigenvalue weighted by Crippen LogP contribution is 2.20. The van der Waals surface area contributed by atoms with E-state index in [1.807, 2.05) is 23.2 Å². The minimum Gasteiger partial charge on any atom is -0.367 e. The normalized spacial score (nSPS) is 21.3. The molecule has 2 unspecified atom stereocenters. The summed E-state index contributed by atoms with van der Waals surface area (Å²) in [6.45, 7) is 3.75. The molecule has 3 heterocycles. The van der Waals surface area contributed by atoms with Gasteiger partial charge in [0, 0.05) is 42.6 Å². The summed E-state index contributed by atoms with van der Waals surface area (Å²) in [7, 11) is 2.09. The molecule has 0 spiro atoms. The summed E-state index contributed by atoms with van der Waals surface area (Å²) in [6.07, 6.45) is 4.96. The number of pyridine rings is 1. The van der Waals surface area contributed by atoms with Crippen LogP contribution in [-0.2, 0) is 0 Å². The fourth-order valence-corrected chi connectivity index (χ4v) is 3.51. The summed E-state index contributed by atoms with van der Waals surface area (Å²) in [5.74, 6) is -0.157. The maximum Gasteiger partial charge on any atom is 0.267 e. The third kappa shape index (κ3) is 3.76. The van der Waals surface area contributed by atoms with E-state index in [0.717, 1.165) is 29.7 Å². The number of hydrogen-bond donors (Lipinski definition) is 3. The van der Waals surface area contributed by atoms with Gasteiger partial charge in [-0.3, -0.25) is 20.3 Å². The van der Waals surface area contributed by atoms with Crippen molar-refractivity contribution in [2.24, 2.45) is 0 Å². The second-order valence-electron chi connectivity index (χ2n) is 6.99. The number of fused-ring (bicyclic) bond motifs is 1. The SMILES string of the molecule is CC1CN(C)CC(Nc2ccc3cn[nH]c3c2)N1NC(=O)c1cccnc1. The first-order chi connectivity index (χ1) is 13.1. The van der Waals surface area contributed by atoms with Crippen LogP contribution in [0, 0.1) is 0 Å². The minimum absolute atomic E-state index is 0.0697. The molecule has 1 fully saturated rings. The number of hydrazine groups is 1. The molecule has 1 aliphatic heterocycles. The Labute approximate surface area is 157 Å². The van der Waals surface area contributed by atoms with Crippen LogP contribution in [-0.4, -0.2) is 63.3 Å². The van der Waals surface area contributed by atoms with E-state index < -0.39 is 0 Å². The van der Waals surface area contributed by atoms with E-state index >= 15 is 0 Å². The van der Waals surface area contributed by atoms with Crippen LogP contribution in [0.5, 0.6) is 0 Å². The third-order valence-electron chi connectivity index (χ3n) is 4.80. The van der Waals surface area contributed by atoms with Crippen LogP contribution < -0.4 is 10.7 Å². The van der Waals surface area contributed by atoms with E-state index in [4.69, 9.17) is 0 Å². The Morgan fingerprint density at radius 1 is 1.26 bits per heavy atom. The van der Waals surface area contributed by atoms with E-state index in [-0.39, 0.29) is 18.1 Å². The second-order valence-corrected chi connectivity index (χ2v) is 6.99. The molecule has 1 saturated heterocycles. The zero-order valence-corrected chi connectivity index (χ0v) is 15.4. The Hall–Kier alpha value is -2.97. The maximum absolute atomic E-state index is 12.6. The van der Waals surface area contributed by atoms with Gasteiger partial charge in [-0.2, -0.15) is 10.1 Å². The number of aromatic amines is 1. The zero-order chi connectivity index (χ0) is 18.8. The van der Waals surface area contributed by atoms with Crippen LogP contribution in [0.2, 0.25) is 0 Å². The van der Waals surface area contributed by atoms with Gasteiger partial charge in [-0.15, -0.1) is 0 Å². The number of benzene rings is 1. The van der Waals surface area contributed by atoms with Gasteiger partial charge in [0.05, 0.1) is 17.3 Å². The summed E-state index contributed by atoms with van der Waals surface area (Å²) >= 11 is 0. The van der Waals surface area contributed by atoms with Crippen molar-refractivity contribution in [3.05, 3.63) is 54.5 Å². The second kappa shape index (κ2) is 7.34. The van der Waals surface area contributed by atoms with Crippen LogP contribution in [0.1, 0.15) is 17.3 Å². The first kappa shape index (κ1) is 17.4. The fourth-order valence-electron chi connectivity index (χ4n) is 3.51. The summed E-state index contributed by atoms with van der Waals surface area (Å²) in [6, 6.07) is 9.75. The third-order valence-corrected chi connectivity index (χ3v) is 4.80. The van der Waals surface area contributed by atoms with Crippen LogP contribution in [0.25, 0.3) is 10.9 Å². The molecule has 1 aromatic carbocycles. The Balaban J connectivity index is 1.54. The van der Waals surface area contributed by atoms with Crippen LogP contribution in [0.15, 0.2) is 48.9 Å². The van der Waals surface area contributed by atoms with E-state index in [9.17, 15) is 4.79 Å². The summed E-state index contributed by atoms with van der Waals surface area (Å²) < 4.78 is 0. The van der Waals surface area contributed by atoms with Crippen molar-refractivity contribution in [3.63, 3.8) is 0 Å². The number of likely N-dealkylation sites (N-methyl/N-ethyl adjacent to an activating group) is 1. The predicted molar refractivity (Wildman–Crippen MR) is 104 cm³/mol. The van der Waals surface area contributed by atoms with Crippen molar-refractivity contribution in [3.8, 4) is 0 Å². The lowest BCUT2D eigenvalue weighted by Gasteiger charge is -2.44. The van der Waals surface area contributed by atoms with Crippen molar-refractivity contribution in [2.45, 2.75) is 19.1 Å². The monoisotopic (exact) mass is 365 g/mol. The number of hydrogen-bond acceptors (Lipinski definition) is 6. The standard InChI is InChI=1S/C19H23N7O/c1-13-11-25(2)12-18(22-16-6-5-14-10-21-23-17(14)8-16)26(13)24-19(27)15-4-3-7-20-9-15/h3-10,13,18,22H,11-12H2,1-2H3,(H,21,23)(H,24,27). The van der Waals surface area contributed by atoms with Crippen molar-refractivity contribution in [1.82, 2.24) is 30.5 Å². The van der Waals surface area contributed by atoms with Gasteiger partial charge in [0.15, 0.2) is 0 Å². The minimum atomic E-state index is -0.157. The van der Waals surface area contributed by atoms with Crippen LogP contribution >= 0.6 is 0 Å². The number of aromatic nitrogens is 3. The number of H-pyrrole nitrogens is 1. The molecule has 3 aromatic rings. The van der Waals surface area contributed by atoms with Gasteiger partial charge in [0.1, 0.15) is 6.17 Å². The largest absolute Gasteiger partial charge is 0.367 e. The lowest BCUT2D eigenvalue weighted by molar-refractivity contribution is 0.0132. The topological polar surface area (TPSA) is 89.2 Å². The molecule has 8 nitrogen and oxygen atoms in total. The average Bonchev–Trinajstić information content (AvgIpc) is 3.13. The van der Waals surface area contributed by atoms with Crippen molar-refractivity contribution in [1.29, 1.82) is 0 Å². The molecule has 0 saturated carbocycles. The zero-order valence-electron chi connectivity index (χ0n) is 15.4. The number of anilines is 1. The highest BCUT2D eigenvalue weighted by atomic mass is 16.2. The van der Waals surface area contributed by atoms with Crippen molar-refractivity contribution in [2.75, 3.05) is 25.5 Å². The molecule has 140 valence electrons. The molecular formula is C19H23N7O. The molecule has 1 amide bonds. The summed E-state index contributed by atoms with van der Waals surface area (Å²) in [5, 5.41) is 13.7. The molecule has 2 atom stereocenters. The van der Waals surface area contributed by atoms with Gasteiger partial charge in [-0.1, -0.05) is 0 Å². The molecule has 3 N–H and O–H groups in total. The highest BCUT2D eigenvalue weighted by Gasteiger charge is 2.32. The van der Waals surface area contributed by atoms with Crippen molar-refractivity contribution < 1.29 is 4.79 Å². The van der Waals surface area contributed by atoms with Gasteiger partial charge < -0.3 is 10.2 Å². The molecule has 0 aliphatic carbocycles. The quantitative estimate of drug-likeness (QED) is 0.652. The Morgan fingerprint density at radius 3 is 2.96 bits per heavy atom. The van der Waals surface area contributed by atoms with Gasteiger partial charge >= 0.3 is 0 Å². The maximum atomic E-state index is 12.6. The van der Waals surface area contributed by atoms with Gasteiger partial charge in [0.2, 0.25) is 0 Å². The molecule has 2 aromatic heterocycles. The molecule has 0 bridgehead atoms. The highest BCUT2D eigenvalue weighted by molar-refractivity contribution is 5.93. The molecule has 1 aliphatic rings. The van der Waals surface area contributed by atoms with Gasteiger partial charge in [0.25, 0.3) is 5.91 Å². The Morgan fingerprint density at radius 2 is 2.15 bits per heavy atom. The molecule has 4 rings (SSSR count). The number of nitrogens with one attached hydrogen (secondary N) is 3. The number of carbonyl (C=O) groups is 1. The van der Waals surface area contributed by atoms with Crippen LogP contribution in [0.4, 0.5) is 5.69 Å². The van der Waals surface area contributed by atoms with Gasteiger partial charge in [-0.25, -0.2) is 0 Å². The number of piperazine rings is 1. The summed E-state index contributed by atoms with van der Waals surface area (Å²) in [4.78, 5) is 18.9. The molecule has 8 heteroatoms. The number of carbonyl (C=O) groups excluding carboxylic acids is 1. The van der Waals surface area contributed by atoms with Gasteiger partial charge in [-0.05, 0) is 44.3 Å². The molecular weight excluding hydrogens is 342 g/mol. The fraction of sp³-hybridized carbons (Fsp3) is 0.316. The summed E-state index contributed by atoms with van der Waals surface area (Å²) in [5.41, 5.74) is 5.54. The smallest absolute Gasteiger partial charge is 0.267 e. The lowest BCUT2D eigenvalue weighted by atomic mass is 10.2. The van der Waals surface area contributed by atoms with Crippen molar-refractivity contribution >= 4 is 22.5 Å². The van der Waals surface area contributed by atoms with Crippen LogP contribution in [0.3, 0.4) is 0 Å². The van der Waals surface area contributed by atoms with E-state index in [1.165, 1.54) is 0 Å². The Kier molecular flexibility index (Phi) is 4.74. The van der Waals surface area contributed by atoms with E-state index in [1.54, 1.807) is 30.7 Å². The first-order valence-corrected chi connectivity index (χ1v) is 8.98. The number of nitrogens with zero attached hydrogens (tertiary/aromatic N) is 4. The lowest BCUT2D eigenvalue weighted by Crippen LogP contribution is -2.65. The average molecular weight is 365 g/mol. The number of amides is 1. The predicted octanol–water partition coefficient (Wildman–Crippen LogP) is 1.68. The van der Waals surface area contributed by atoms with E-state index in [0.29, 0.717) is 5.56 Å². The van der Waals surface area contributed by atoms with E-state index in [2.05, 4.69) is 44.8 Å². The molecule has 0 radical (unpaired) electrons. The first-order valence-electron chi connectivity index (χ1n) is 8.98.